The Balaban J connectivity index is 1.33. The van der Waals surface area contributed by atoms with Gasteiger partial charge in [-0.3, -0.25) is 15.0 Å². The molecule has 2 N–H and O–H groups in total. The Labute approximate surface area is 168 Å². The molecule has 6 nitrogen and oxygen atoms in total. The second-order valence-corrected chi connectivity index (χ2v) is 8.13. The van der Waals surface area contributed by atoms with E-state index in [1.807, 2.05) is 12.1 Å². The second kappa shape index (κ2) is 10.5. The number of hydrogen-bond donors (Lipinski definition) is 2. The largest absolute Gasteiger partial charge is 0.497 e. The monoisotopic (exact) mass is 387 g/mol. The van der Waals surface area contributed by atoms with Crippen LogP contribution in [-0.4, -0.2) is 49.6 Å². The van der Waals surface area contributed by atoms with Crippen LogP contribution in [0.25, 0.3) is 0 Å². The summed E-state index contributed by atoms with van der Waals surface area (Å²) in [6, 6.07) is 8.15. The number of amides is 3. The fourth-order valence-electron chi connectivity index (χ4n) is 4.28. The van der Waals surface area contributed by atoms with Gasteiger partial charge in [-0.25, -0.2) is 4.79 Å². The van der Waals surface area contributed by atoms with Crippen molar-refractivity contribution < 1.29 is 14.3 Å². The van der Waals surface area contributed by atoms with Crippen LogP contribution in [0.4, 0.5) is 4.79 Å². The minimum atomic E-state index is -0.341. The van der Waals surface area contributed by atoms with Gasteiger partial charge < -0.3 is 10.1 Å². The van der Waals surface area contributed by atoms with Crippen LogP contribution in [0.5, 0.6) is 5.75 Å². The van der Waals surface area contributed by atoms with E-state index in [1.165, 1.54) is 12.0 Å². The molecule has 2 aliphatic rings. The van der Waals surface area contributed by atoms with Gasteiger partial charge in [-0.1, -0.05) is 31.4 Å². The Morgan fingerprint density at radius 2 is 1.71 bits per heavy atom. The van der Waals surface area contributed by atoms with Gasteiger partial charge in [-0.05, 0) is 68.8 Å². The summed E-state index contributed by atoms with van der Waals surface area (Å²) in [6.07, 6.45) is 8.81. The van der Waals surface area contributed by atoms with Crippen molar-refractivity contribution in [2.45, 2.75) is 57.4 Å². The van der Waals surface area contributed by atoms with E-state index < -0.39 is 0 Å². The van der Waals surface area contributed by atoms with E-state index in [0.29, 0.717) is 12.5 Å². The van der Waals surface area contributed by atoms with Gasteiger partial charge in [0, 0.05) is 6.04 Å². The first-order valence-corrected chi connectivity index (χ1v) is 10.6. The number of imide groups is 1. The zero-order chi connectivity index (χ0) is 19.8. The number of piperidine rings is 1. The molecule has 0 atom stereocenters. The summed E-state index contributed by atoms with van der Waals surface area (Å²) < 4.78 is 5.21. The van der Waals surface area contributed by atoms with Crippen LogP contribution in [0.1, 0.15) is 50.5 Å². The first-order valence-electron chi connectivity index (χ1n) is 10.6. The van der Waals surface area contributed by atoms with Crippen molar-refractivity contribution in [1.82, 2.24) is 15.5 Å². The van der Waals surface area contributed by atoms with Crippen LogP contribution < -0.4 is 15.4 Å². The molecule has 28 heavy (non-hydrogen) atoms. The summed E-state index contributed by atoms with van der Waals surface area (Å²) in [5.74, 6) is 1.32. The number of hydrogen-bond acceptors (Lipinski definition) is 4. The van der Waals surface area contributed by atoms with Crippen LogP contribution in [-0.2, 0) is 11.2 Å². The van der Waals surface area contributed by atoms with E-state index in [0.717, 1.165) is 63.8 Å². The zero-order valence-electron chi connectivity index (χ0n) is 16.9. The minimum Gasteiger partial charge on any atom is -0.497 e. The molecule has 1 saturated carbocycles. The normalized spacial score (nSPS) is 19.2. The third-order valence-electron chi connectivity index (χ3n) is 5.95. The van der Waals surface area contributed by atoms with Crippen molar-refractivity contribution in [3.05, 3.63) is 29.8 Å². The Bertz CT molecular complexity index is 633. The predicted octanol–water partition coefficient (Wildman–Crippen LogP) is 3.11. The first kappa shape index (κ1) is 20.6. The van der Waals surface area contributed by atoms with Gasteiger partial charge in [-0.2, -0.15) is 0 Å². The lowest BCUT2D eigenvalue weighted by Gasteiger charge is -2.31. The number of ether oxygens (including phenoxy) is 1. The van der Waals surface area contributed by atoms with Crippen molar-refractivity contribution in [3.8, 4) is 5.75 Å². The molecule has 1 aliphatic carbocycles. The molecule has 3 rings (SSSR count). The van der Waals surface area contributed by atoms with Crippen molar-refractivity contribution in [3.63, 3.8) is 0 Å². The smallest absolute Gasteiger partial charge is 0.321 e. The average Bonchev–Trinajstić information content (AvgIpc) is 2.70. The maximum atomic E-state index is 12.2. The SMILES string of the molecule is COc1ccc(CC2CCN(CC(=O)NC(=O)NC3CCCCC3)CC2)cc1. The molecule has 1 heterocycles. The van der Waals surface area contributed by atoms with Crippen LogP contribution in [0, 0.1) is 5.92 Å². The fraction of sp³-hybridized carbons (Fsp3) is 0.636. The highest BCUT2D eigenvalue weighted by Crippen LogP contribution is 2.23. The molecule has 3 amide bonds. The summed E-state index contributed by atoms with van der Waals surface area (Å²) in [6.45, 7) is 2.10. The van der Waals surface area contributed by atoms with Crippen molar-refractivity contribution in [1.29, 1.82) is 0 Å². The van der Waals surface area contributed by atoms with Crippen LogP contribution in [0.2, 0.25) is 0 Å². The van der Waals surface area contributed by atoms with E-state index in [4.69, 9.17) is 4.74 Å². The highest BCUT2D eigenvalue weighted by molar-refractivity contribution is 5.95. The second-order valence-electron chi connectivity index (χ2n) is 8.13. The van der Waals surface area contributed by atoms with Crippen molar-refractivity contribution in [2.75, 3.05) is 26.7 Å². The Morgan fingerprint density at radius 1 is 1.04 bits per heavy atom. The number of nitrogens with zero attached hydrogens (tertiary/aromatic N) is 1. The van der Waals surface area contributed by atoms with Gasteiger partial charge >= 0.3 is 6.03 Å². The van der Waals surface area contributed by atoms with E-state index >= 15 is 0 Å². The van der Waals surface area contributed by atoms with E-state index in [9.17, 15) is 9.59 Å². The van der Waals surface area contributed by atoms with Gasteiger partial charge in [0.15, 0.2) is 0 Å². The molecule has 154 valence electrons. The fourth-order valence-corrected chi connectivity index (χ4v) is 4.28. The molecule has 0 spiro atoms. The van der Waals surface area contributed by atoms with Gasteiger partial charge in [0.25, 0.3) is 0 Å². The lowest BCUT2D eigenvalue weighted by atomic mass is 9.90. The number of methoxy groups -OCH3 is 1. The molecule has 0 bridgehead atoms. The van der Waals surface area contributed by atoms with Crippen molar-refractivity contribution in [2.24, 2.45) is 5.92 Å². The summed E-state index contributed by atoms with van der Waals surface area (Å²) in [5, 5.41) is 5.43. The van der Waals surface area contributed by atoms with Crippen LogP contribution >= 0.6 is 0 Å². The van der Waals surface area contributed by atoms with Gasteiger partial charge in [0.2, 0.25) is 5.91 Å². The Kier molecular flexibility index (Phi) is 7.71. The number of nitrogens with one attached hydrogen (secondary N) is 2. The van der Waals surface area contributed by atoms with E-state index in [1.54, 1.807) is 7.11 Å². The topological polar surface area (TPSA) is 70.7 Å². The average molecular weight is 388 g/mol. The summed E-state index contributed by atoms with van der Waals surface area (Å²) in [7, 11) is 1.68. The molecule has 1 aliphatic heterocycles. The molecule has 0 unspecified atom stereocenters. The molecule has 1 aromatic carbocycles. The molecule has 1 saturated heterocycles. The zero-order valence-corrected chi connectivity index (χ0v) is 16.9. The number of benzene rings is 1. The highest BCUT2D eigenvalue weighted by atomic mass is 16.5. The summed E-state index contributed by atoms with van der Waals surface area (Å²) in [4.78, 5) is 26.3. The molecular formula is C22H33N3O3. The van der Waals surface area contributed by atoms with Crippen molar-refractivity contribution >= 4 is 11.9 Å². The molecule has 6 heteroatoms. The number of carbonyl (C=O) groups is 2. The number of urea groups is 1. The molecule has 0 aromatic heterocycles. The third kappa shape index (κ3) is 6.51. The predicted molar refractivity (Wildman–Crippen MR) is 109 cm³/mol. The highest BCUT2D eigenvalue weighted by Gasteiger charge is 2.22. The van der Waals surface area contributed by atoms with Gasteiger partial charge in [-0.15, -0.1) is 0 Å². The standard InChI is InChI=1S/C22H33N3O3/c1-28-20-9-7-17(8-10-20)15-18-11-13-25(14-12-18)16-21(26)24-22(27)23-19-5-3-2-4-6-19/h7-10,18-19H,2-6,11-16H2,1H3,(H2,23,24,26,27). The molecular weight excluding hydrogens is 354 g/mol. The van der Waals surface area contributed by atoms with Crippen LogP contribution in [0.15, 0.2) is 24.3 Å². The lowest BCUT2D eigenvalue weighted by molar-refractivity contribution is -0.121. The number of carbonyl (C=O) groups excluding carboxylic acids is 2. The number of rotatable bonds is 6. The van der Waals surface area contributed by atoms with E-state index in [-0.39, 0.29) is 18.0 Å². The quantitative estimate of drug-likeness (QED) is 0.787. The minimum absolute atomic E-state index is 0.207. The Hall–Kier alpha value is -2.08. The lowest BCUT2D eigenvalue weighted by Crippen LogP contribution is -2.49. The van der Waals surface area contributed by atoms with Gasteiger partial charge in [0.1, 0.15) is 5.75 Å². The third-order valence-corrected chi connectivity index (χ3v) is 5.95. The molecule has 2 fully saturated rings. The molecule has 0 radical (unpaired) electrons. The maximum Gasteiger partial charge on any atom is 0.321 e. The first-order chi connectivity index (χ1) is 13.6. The summed E-state index contributed by atoms with van der Waals surface area (Å²) >= 11 is 0. The summed E-state index contributed by atoms with van der Waals surface area (Å²) in [5.41, 5.74) is 1.33. The van der Waals surface area contributed by atoms with E-state index in [2.05, 4.69) is 27.7 Å². The van der Waals surface area contributed by atoms with Gasteiger partial charge in [0.05, 0.1) is 13.7 Å². The Morgan fingerprint density at radius 3 is 2.36 bits per heavy atom. The molecule has 1 aromatic rings. The maximum absolute atomic E-state index is 12.2. The number of likely N-dealkylation sites (tertiary alicyclic amines) is 1. The van der Waals surface area contributed by atoms with Crippen LogP contribution in [0.3, 0.4) is 0 Å².